The highest BCUT2D eigenvalue weighted by molar-refractivity contribution is 6.74. The molecule has 0 aromatic heterocycles. The van der Waals surface area contributed by atoms with Crippen molar-refractivity contribution in [2.24, 2.45) is 0 Å². The zero-order chi connectivity index (χ0) is 33.6. The SMILES string of the molecule is CCOC(=O)CN(Cc1cc(OC)cc(N(C)C)c1OC)C(=O)C1CC(CO[Si](C)(C)C(C)(C)C)=CN1C(=O)OC(C)(C)C. The lowest BCUT2D eigenvalue weighted by Gasteiger charge is -2.36. The number of nitrogens with zero attached hydrogens (tertiary/aromatic N) is 3. The zero-order valence-electron chi connectivity index (χ0n) is 29.0. The molecule has 12 heteroatoms. The molecule has 1 atom stereocenters. The molecule has 0 N–H and O–H groups in total. The lowest BCUT2D eigenvalue weighted by Crippen LogP contribution is -2.49. The Kier molecular flexibility index (Phi) is 12.3. The van der Waals surface area contributed by atoms with Crippen molar-refractivity contribution in [3.63, 3.8) is 0 Å². The van der Waals surface area contributed by atoms with Gasteiger partial charge in [0.05, 0.1) is 39.7 Å². The van der Waals surface area contributed by atoms with Crippen LogP contribution < -0.4 is 14.4 Å². The van der Waals surface area contributed by atoms with Crippen molar-refractivity contribution in [1.82, 2.24) is 9.80 Å². The van der Waals surface area contributed by atoms with Crippen LogP contribution in [-0.2, 0) is 30.0 Å². The number of carbonyl (C=O) groups is 3. The number of rotatable bonds is 12. The molecule has 0 saturated carbocycles. The largest absolute Gasteiger partial charge is 0.497 e. The van der Waals surface area contributed by atoms with Crippen LogP contribution in [0.1, 0.15) is 60.5 Å². The molecule has 0 radical (unpaired) electrons. The minimum atomic E-state index is -2.11. The van der Waals surface area contributed by atoms with Gasteiger partial charge in [-0.15, -0.1) is 0 Å². The van der Waals surface area contributed by atoms with Gasteiger partial charge >= 0.3 is 12.1 Å². The topological polar surface area (TPSA) is 107 Å². The Balaban J connectivity index is 2.53. The molecule has 248 valence electrons. The molecule has 1 aromatic rings. The van der Waals surface area contributed by atoms with Gasteiger partial charge in [-0.25, -0.2) is 4.79 Å². The van der Waals surface area contributed by atoms with Gasteiger partial charge in [-0.05, 0) is 57.5 Å². The van der Waals surface area contributed by atoms with Gasteiger partial charge < -0.3 is 33.2 Å². The summed E-state index contributed by atoms with van der Waals surface area (Å²) in [5.74, 6) is 0.107. The van der Waals surface area contributed by atoms with E-state index in [1.54, 1.807) is 54.2 Å². The Morgan fingerprint density at radius 1 is 1.02 bits per heavy atom. The van der Waals surface area contributed by atoms with E-state index in [2.05, 4.69) is 33.9 Å². The zero-order valence-corrected chi connectivity index (χ0v) is 30.0. The third-order valence-electron chi connectivity index (χ3n) is 7.77. The smallest absolute Gasteiger partial charge is 0.415 e. The predicted molar refractivity (Wildman–Crippen MR) is 174 cm³/mol. The fraction of sp³-hybridized carbons (Fsp3) is 0.656. The molecule has 11 nitrogen and oxygen atoms in total. The number of ether oxygens (including phenoxy) is 4. The van der Waals surface area contributed by atoms with E-state index in [9.17, 15) is 14.4 Å². The second-order valence-corrected chi connectivity index (χ2v) is 18.5. The second-order valence-electron chi connectivity index (χ2n) is 13.7. The van der Waals surface area contributed by atoms with E-state index >= 15 is 0 Å². The number of anilines is 1. The molecule has 0 saturated heterocycles. The number of benzene rings is 1. The number of hydrogen-bond donors (Lipinski definition) is 0. The summed E-state index contributed by atoms with van der Waals surface area (Å²) in [4.78, 5) is 45.2. The standard InChI is InChI=1S/C32H53N3O8Si/c1-14-41-27(36)20-34(19-23-16-24(39-10)17-25(33(8)9)28(23)40-11)29(37)26-15-22(21-42-44(12,13)32(5,6)7)18-35(26)30(38)43-31(2,3)4/h16-18,26H,14-15,19-21H2,1-13H3. The molecule has 1 heterocycles. The molecule has 1 unspecified atom stereocenters. The molecule has 2 rings (SSSR count). The fourth-order valence-electron chi connectivity index (χ4n) is 4.41. The van der Waals surface area contributed by atoms with Crippen LogP contribution in [0.15, 0.2) is 23.9 Å². The summed E-state index contributed by atoms with van der Waals surface area (Å²) >= 11 is 0. The van der Waals surface area contributed by atoms with Crippen molar-refractivity contribution in [2.45, 2.75) is 91.2 Å². The Morgan fingerprint density at radius 2 is 1.66 bits per heavy atom. The van der Waals surface area contributed by atoms with Gasteiger partial charge in [0.25, 0.3) is 0 Å². The van der Waals surface area contributed by atoms with Crippen molar-refractivity contribution >= 4 is 32.0 Å². The monoisotopic (exact) mass is 635 g/mol. The maximum absolute atomic E-state index is 14.4. The minimum Gasteiger partial charge on any atom is -0.497 e. The molecule has 2 amide bonds. The molecule has 1 aliphatic rings. The number of amides is 2. The van der Waals surface area contributed by atoms with Crippen LogP contribution in [0.25, 0.3) is 0 Å². The van der Waals surface area contributed by atoms with Crippen molar-refractivity contribution in [2.75, 3.05) is 53.0 Å². The maximum atomic E-state index is 14.4. The van der Waals surface area contributed by atoms with Gasteiger partial charge in [-0.1, -0.05) is 20.8 Å². The summed E-state index contributed by atoms with van der Waals surface area (Å²) in [6, 6.07) is 2.66. The van der Waals surface area contributed by atoms with Gasteiger partial charge in [0.15, 0.2) is 8.32 Å². The first-order valence-electron chi connectivity index (χ1n) is 15.0. The van der Waals surface area contributed by atoms with Crippen LogP contribution in [-0.4, -0.2) is 95.8 Å². The average molecular weight is 636 g/mol. The Labute approximate surface area is 264 Å². The number of esters is 1. The lowest BCUT2D eigenvalue weighted by atomic mass is 10.1. The highest BCUT2D eigenvalue weighted by Crippen LogP contribution is 2.39. The number of methoxy groups -OCH3 is 2. The molecular formula is C32H53N3O8Si. The highest BCUT2D eigenvalue weighted by Gasteiger charge is 2.42. The van der Waals surface area contributed by atoms with E-state index in [1.165, 1.54) is 9.80 Å². The second kappa shape index (κ2) is 14.7. The van der Waals surface area contributed by atoms with Crippen LogP contribution in [0.4, 0.5) is 10.5 Å². The Morgan fingerprint density at radius 3 is 2.16 bits per heavy atom. The summed E-state index contributed by atoms with van der Waals surface area (Å²) < 4.78 is 28.6. The van der Waals surface area contributed by atoms with Crippen LogP contribution in [0.2, 0.25) is 18.1 Å². The Hall–Kier alpha value is -3.25. The molecular weight excluding hydrogens is 582 g/mol. The molecule has 0 bridgehead atoms. The van der Waals surface area contributed by atoms with Gasteiger partial charge in [-0.3, -0.25) is 14.5 Å². The van der Waals surface area contributed by atoms with E-state index in [0.29, 0.717) is 17.1 Å². The third kappa shape index (κ3) is 9.62. The van der Waals surface area contributed by atoms with Crippen LogP contribution in [0.5, 0.6) is 11.5 Å². The van der Waals surface area contributed by atoms with E-state index in [0.717, 1.165) is 11.3 Å². The van der Waals surface area contributed by atoms with Gasteiger partial charge in [0, 0.05) is 38.3 Å². The minimum absolute atomic E-state index is 0.00726. The first-order valence-corrected chi connectivity index (χ1v) is 17.9. The fourth-order valence-corrected chi connectivity index (χ4v) is 5.39. The van der Waals surface area contributed by atoms with Crippen LogP contribution in [0.3, 0.4) is 0 Å². The molecule has 44 heavy (non-hydrogen) atoms. The summed E-state index contributed by atoms with van der Waals surface area (Å²) in [6.07, 6.45) is 1.25. The molecule has 0 spiro atoms. The van der Waals surface area contributed by atoms with Crippen molar-refractivity contribution in [3.8, 4) is 11.5 Å². The third-order valence-corrected chi connectivity index (χ3v) is 12.2. The van der Waals surface area contributed by atoms with E-state index in [4.69, 9.17) is 23.4 Å². The van der Waals surface area contributed by atoms with Crippen molar-refractivity contribution in [3.05, 3.63) is 29.5 Å². The van der Waals surface area contributed by atoms with Gasteiger partial charge in [0.2, 0.25) is 5.91 Å². The van der Waals surface area contributed by atoms with Crippen molar-refractivity contribution < 1.29 is 37.8 Å². The summed E-state index contributed by atoms with van der Waals surface area (Å²) in [5.41, 5.74) is 1.39. The first-order chi connectivity index (χ1) is 20.2. The average Bonchev–Trinajstić information content (AvgIpc) is 3.34. The van der Waals surface area contributed by atoms with Crippen LogP contribution >= 0.6 is 0 Å². The van der Waals surface area contributed by atoms with Gasteiger partial charge in [-0.2, -0.15) is 0 Å². The maximum Gasteiger partial charge on any atom is 0.415 e. The predicted octanol–water partition coefficient (Wildman–Crippen LogP) is 5.58. The molecule has 0 fully saturated rings. The summed E-state index contributed by atoms with van der Waals surface area (Å²) in [5, 5.41) is -0.0100. The number of carbonyl (C=O) groups excluding carboxylic acids is 3. The van der Waals surface area contributed by atoms with E-state index in [-0.39, 0.29) is 37.8 Å². The van der Waals surface area contributed by atoms with Crippen molar-refractivity contribution in [1.29, 1.82) is 0 Å². The summed E-state index contributed by atoms with van der Waals surface area (Å²) in [7, 11) is 4.75. The van der Waals surface area contributed by atoms with E-state index in [1.807, 2.05) is 25.1 Å². The van der Waals surface area contributed by atoms with E-state index < -0.39 is 37.9 Å². The molecule has 1 aliphatic heterocycles. The normalized spacial score (nSPS) is 15.4. The highest BCUT2D eigenvalue weighted by atomic mass is 28.4. The molecule has 0 aliphatic carbocycles. The first kappa shape index (κ1) is 36.9. The quantitative estimate of drug-likeness (QED) is 0.215. The Bertz CT molecular complexity index is 1220. The lowest BCUT2D eigenvalue weighted by molar-refractivity contribution is -0.150. The molecule has 1 aromatic carbocycles. The number of hydrogen-bond acceptors (Lipinski definition) is 9. The van der Waals surface area contributed by atoms with Crippen LogP contribution in [0, 0.1) is 0 Å². The summed E-state index contributed by atoms with van der Waals surface area (Å²) in [6.45, 7) is 17.9. The van der Waals surface area contributed by atoms with Gasteiger partial charge in [0.1, 0.15) is 29.7 Å².